The van der Waals surface area contributed by atoms with Crippen molar-refractivity contribution in [1.82, 2.24) is 23.9 Å². The first-order valence-corrected chi connectivity index (χ1v) is 8.75. The van der Waals surface area contributed by atoms with Crippen LogP contribution in [0.3, 0.4) is 0 Å². The van der Waals surface area contributed by atoms with Crippen LogP contribution in [0.1, 0.15) is 23.9 Å². The maximum Gasteiger partial charge on any atom is 0.136 e. The molecule has 2 atom stereocenters. The van der Waals surface area contributed by atoms with Gasteiger partial charge in [-0.3, -0.25) is 4.98 Å². The summed E-state index contributed by atoms with van der Waals surface area (Å²) in [6, 6.07) is 10.4. The smallest absolute Gasteiger partial charge is 0.136 e. The molecule has 4 aromatic heterocycles. The van der Waals surface area contributed by atoms with Gasteiger partial charge < -0.3 is 8.97 Å². The zero-order valence-electron chi connectivity index (χ0n) is 13.9. The van der Waals surface area contributed by atoms with Gasteiger partial charge in [0.2, 0.25) is 0 Å². The number of aromatic nitrogens is 5. The van der Waals surface area contributed by atoms with Gasteiger partial charge in [-0.25, -0.2) is 9.97 Å². The highest BCUT2D eigenvalue weighted by Crippen LogP contribution is 2.55. The molecule has 2 aliphatic rings. The number of hydrogen-bond donors (Lipinski definition) is 0. The molecule has 25 heavy (non-hydrogen) atoms. The quantitative estimate of drug-likeness (QED) is 0.564. The van der Waals surface area contributed by atoms with E-state index in [0.717, 1.165) is 35.2 Å². The van der Waals surface area contributed by atoms with Crippen LogP contribution in [0.2, 0.25) is 0 Å². The summed E-state index contributed by atoms with van der Waals surface area (Å²) in [6.07, 6.45) is 7.26. The summed E-state index contributed by atoms with van der Waals surface area (Å²) in [5.41, 5.74) is 6.30. The lowest BCUT2D eigenvalue weighted by Gasteiger charge is -2.10. The third-order valence-electron chi connectivity index (χ3n) is 5.46. The number of rotatable bonds is 2. The average Bonchev–Trinajstić information content (AvgIpc) is 2.98. The van der Waals surface area contributed by atoms with Crippen molar-refractivity contribution in [3.63, 3.8) is 0 Å². The molecule has 0 N–H and O–H groups in total. The topological polar surface area (TPSA) is 48.0 Å². The van der Waals surface area contributed by atoms with Crippen LogP contribution < -0.4 is 0 Å². The van der Waals surface area contributed by atoms with Crippen LogP contribution in [0, 0.1) is 12.8 Å². The first-order chi connectivity index (χ1) is 12.3. The van der Waals surface area contributed by atoms with Gasteiger partial charge in [-0.1, -0.05) is 6.07 Å². The van der Waals surface area contributed by atoms with Crippen molar-refractivity contribution in [2.45, 2.75) is 25.8 Å². The van der Waals surface area contributed by atoms with Crippen molar-refractivity contribution < 1.29 is 0 Å². The summed E-state index contributed by atoms with van der Waals surface area (Å²) in [4.78, 5) is 14.1. The molecule has 1 fully saturated rings. The lowest BCUT2D eigenvalue weighted by molar-refractivity contribution is 0.674. The molecule has 0 amide bonds. The van der Waals surface area contributed by atoms with Crippen LogP contribution in [0.25, 0.3) is 28.3 Å². The number of hydrogen-bond acceptors (Lipinski definition) is 3. The second kappa shape index (κ2) is 4.57. The Bertz CT molecular complexity index is 1140. The number of aryl methyl sites for hydroxylation is 1. The Balaban J connectivity index is 1.62. The standard InChI is InChI=1S/C20H17N5/c1-12-3-2-4-16(22-12)18-19(25-11-14-9-15(14)20(25)23-18)13-5-6-17-21-7-8-24(17)10-13/h2-8,10,14-15H,9,11H2,1H3. The van der Waals surface area contributed by atoms with E-state index in [4.69, 9.17) is 9.97 Å². The number of nitrogens with zero attached hydrogens (tertiary/aromatic N) is 5. The van der Waals surface area contributed by atoms with Gasteiger partial charge in [-0.05, 0) is 43.5 Å². The predicted molar refractivity (Wildman–Crippen MR) is 95.2 cm³/mol. The molecule has 4 aromatic rings. The largest absolute Gasteiger partial charge is 0.327 e. The molecule has 0 aromatic carbocycles. The van der Waals surface area contributed by atoms with Gasteiger partial charge >= 0.3 is 0 Å². The Morgan fingerprint density at radius 2 is 2.08 bits per heavy atom. The van der Waals surface area contributed by atoms with Gasteiger partial charge in [-0.15, -0.1) is 0 Å². The summed E-state index contributed by atoms with van der Waals surface area (Å²) in [7, 11) is 0. The third-order valence-corrected chi connectivity index (χ3v) is 5.46. The average molecular weight is 327 g/mol. The van der Waals surface area contributed by atoms with Crippen molar-refractivity contribution in [1.29, 1.82) is 0 Å². The van der Waals surface area contributed by atoms with E-state index in [1.54, 1.807) is 0 Å². The molecule has 1 aliphatic heterocycles. The molecule has 0 saturated heterocycles. The van der Waals surface area contributed by atoms with Crippen LogP contribution in [-0.4, -0.2) is 23.9 Å². The SMILES string of the molecule is Cc1cccc(-c2nc3n(c2-c2ccc4nccn4c2)CC2CC32)n1. The predicted octanol–water partition coefficient (Wildman–Crippen LogP) is 3.69. The fourth-order valence-electron chi connectivity index (χ4n) is 4.14. The lowest BCUT2D eigenvalue weighted by atomic mass is 10.1. The minimum atomic E-state index is 0.647. The van der Waals surface area contributed by atoms with Gasteiger partial charge in [0.1, 0.15) is 17.2 Å². The van der Waals surface area contributed by atoms with E-state index in [9.17, 15) is 0 Å². The van der Waals surface area contributed by atoms with E-state index < -0.39 is 0 Å². The molecule has 5 heterocycles. The fraction of sp³-hybridized carbons (Fsp3) is 0.250. The molecule has 1 saturated carbocycles. The fourth-order valence-corrected chi connectivity index (χ4v) is 4.14. The van der Waals surface area contributed by atoms with Crippen molar-refractivity contribution in [2.24, 2.45) is 5.92 Å². The Labute approximate surface area is 145 Å². The summed E-state index contributed by atoms with van der Waals surface area (Å²) in [5.74, 6) is 2.68. The van der Waals surface area contributed by atoms with Gasteiger partial charge in [0.15, 0.2) is 0 Å². The Morgan fingerprint density at radius 1 is 1.12 bits per heavy atom. The number of pyridine rings is 2. The van der Waals surface area contributed by atoms with E-state index in [1.807, 2.05) is 25.4 Å². The first kappa shape index (κ1) is 13.4. The molecule has 5 nitrogen and oxygen atoms in total. The minimum absolute atomic E-state index is 0.647. The van der Waals surface area contributed by atoms with Crippen LogP contribution in [-0.2, 0) is 6.54 Å². The van der Waals surface area contributed by atoms with E-state index >= 15 is 0 Å². The summed E-state index contributed by atoms with van der Waals surface area (Å²) in [6.45, 7) is 3.11. The van der Waals surface area contributed by atoms with Gasteiger partial charge in [-0.2, -0.15) is 0 Å². The first-order valence-electron chi connectivity index (χ1n) is 8.75. The molecule has 6 rings (SSSR count). The highest BCUT2D eigenvalue weighted by Gasteiger charge is 2.48. The van der Waals surface area contributed by atoms with Crippen molar-refractivity contribution in [2.75, 3.05) is 0 Å². The maximum absolute atomic E-state index is 5.04. The molecular formula is C20H17N5. The van der Waals surface area contributed by atoms with Crippen LogP contribution in [0.4, 0.5) is 0 Å². The molecule has 5 heteroatoms. The van der Waals surface area contributed by atoms with Gasteiger partial charge in [0.25, 0.3) is 0 Å². The second-order valence-corrected chi connectivity index (χ2v) is 7.15. The monoisotopic (exact) mass is 327 g/mol. The summed E-state index contributed by atoms with van der Waals surface area (Å²) >= 11 is 0. The zero-order chi connectivity index (χ0) is 16.5. The van der Waals surface area contributed by atoms with Gasteiger partial charge in [0, 0.05) is 42.3 Å². The molecule has 122 valence electrons. The van der Waals surface area contributed by atoms with E-state index in [-0.39, 0.29) is 0 Å². The van der Waals surface area contributed by atoms with Crippen LogP contribution in [0.5, 0.6) is 0 Å². The van der Waals surface area contributed by atoms with E-state index in [1.165, 1.54) is 23.5 Å². The third kappa shape index (κ3) is 1.86. The Kier molecular flexibility index (Phi) is 2.44. The Hall–Kier alpha value is -2.95. The minimum Gasteiger partial charge on any atom is -0.327 e. The molecule has 0 bridgehead atoms. The lowest BCUT2D eigenvalue weighted by Crippen LogP contribution is -2.01. The number of imidazole rings is 2. The normalized spacial score (nSPS) is 20.7. The van der Waals surface area contributed by atoms with Crippen LogP contribution in [0.15, 0.2) is 48.9 Å². The van der Waals surface area contributed by atoms with Crippen LogP contribution >= 0.6 is 0 Å². The van der Waals surface area contributed by atoms with E-state index in [0.29, 0.717) is 5.92 Å². The summed E-state index contributed by atoms with van der Waals surface area (Å²) in [5, 5.41) is 0. The zero-order valence-corrected chi connectivity index (χ0v) is 13.9. The molecular weight excluding hydrogens is 310 g/mol. The maximum atomic E-state index is 5.04. The Morgan fingerprint density at radius 3 is 3.00 bits per heavy atom. The second-order valence-electron chi connectivity index (χ2n) is 7.15. The highest BCUT2D eigenvalue weighted by molar-refractivity contribution is 5.78. The van der Waals surface area contributed by atoms with Crippen molar-refractivity contribution in [3.05, 3.63) is 60.4 Å². The van der Waals surface area contributed by atoms with E-state index in [2.05, 4.69) is 44.4 Å². The molecule has 0 spiro atoms. The molecule has 2 unspecified atom stereocenters. The highest BCUT2D eigenvalue weighted by atomic mass is 15.2. The van der Waals surface area contributed by atoms with Crippen molar-refractivity contribution in [3.8, 4) is 22.6 Å². The molecule has 0 radical (unpaired) electrons. The summed E-state index contributed by atoms with van der Waals surface area (Å²) < 4.78 is 4.48. The van der Waals surface area contributed by atoms with Gasteiger partial charge in [0.05, 0.1) is 11.4 Å². The number of fused-ring (bicyclic) bond motifs is 4. The van der Waals surface area contributed by atoms with Crippen molar-refractivity contribution >= 4 is 5.65 Å². The molecule has 1 aliphatic carbocycles.